The van der Waals surface area contributed by atoms with Crippen molar-refractivity contribution in [2.45, 2.75) is 31.6 Å². The molecule has 1 saturated heterocycles. The van der Waals surface area contributed by atoms with E-state index in [4.69, 9.17) is 5.73 Å². The van der Waals surface area contributed by atoms with E-state index in [0.717, 1.165) is 42.4 Å². The maximum Gasteiger partial charge on any atom is 0.233 e. The lowest BCUT2D eigenvalue weighted by Crippen LogP contribution is -2.40. The van der Waals surface area contributed by atoms with Crippen molar-refractivity contribution in [1.29, 1.82) is 0 Å². The van der Waals surface area contributed by atoms with E-state index in [1.54, 1.807) is 0 Å². The summed E-state index contributed by atoms with van der Waals surface area (Å²) in [6.07, 6.45) is 2.97. The van der Waals surface area contributed by atoms with E-state index in [0.29, 0.717) is 12.5 Å². The molecule has 5 heteroatoms. The highest BCUT2D eigenvalue weighted by Gasteiger charge is 2.54. The summed E-state index contributed by atoms with van der Waals surface area (Å²) < 4.78 is 1.06. The first kappa shape index (κ1) is 16.8. The highest BCUT2D eigenvalue weighted by Crippen LogP contribution is 2.50. The van der Waals surface area contributed by atoms with Gasteiger partial charge in [-0.15, -0.1) is 12.4 Å². The standard InChI is InChI=1S/C16H21BrN2O.ClH/c1-15(10-18)8-9-19(11-15)14(20)16(6-7-16)12-2-4-13(17)5-3-12;/h2-5H,6-11,18H2,1H3;1H. The molecule has 1 aliphatic carbocycles. The Hall–Kier alpha value is -0.580. The zero-order valence-corrected chi connectivity index (χ0v) is 14.7. The fraction of sp³-hybridized carbons (Fsp3) is 0.562. The van der Waals surface area contributed by atoms with Gasteiger partial charge in [0.05, 0.1) is 5.41 Å². The van der Waals surface area contributed by atoms with Crippen LogP contribution in [0.3, 0.4) is 0 Å². The fourth-order valence-electron chi connectivity index (χ4n) is 3.19. The van der Waals surface area contributed by atoms with Crippen molar-refractivity contribution in [3.05, 3.63) is 34.3 Å². The Labute approximate surface area is 140 Å². The number of hydrogen-bond donors (Lipinski definition) is 1. The summed E-state index contributed by atoms with van der Waals surface area (Å²) in [5.41, 5.74) is 6.85. The number of nitrogens with zero attached hydrogens (tertiary/aromatic N) is 1. The molecule has 1 aromatic carbocycles. The average Bonchev–Trinajstić information content (AvgIpc) is 3.17. The van der Waals surface area contributed by atoms with Crippen molar-refractivity contribution in [3.63, 3.8) is 0 Å². The van der Waals surface area contributed by atoms with Crippen LogP contribution < -0.4 is 5.73 Å². The highest BCUT2D eigenvalue weighted by molar-refractivity contribution is 9.10. The molecule has 116 valence electrons. The van der Waals surface area contributed by atoms with Crippen molar-refractivity contribution in [2.24, 2.45) is 11.1 Å². The Kier molecular flexibility index (Phi) is 4.72. The molecule has 1 aliphatic heterocycles. The quantitative estimate of drug-likeness (QED) is 0.885. The highest BCUT2D eigenvalue weighted by atomic mass is 79.9. The summed E-state index contributed by atoms with van der Waals surface area (Å²) in [5.74, 6) is 0.303. The molecule has 1 saturated carbocycles. The topological polar surface area (TPSA) is 46.3 Å². The van der Waals surface area contributed by atoms with Gasteiger partial charge in [0.25, 0.3) is 0 Å². The second kappa shape index (κ2) is 5.90. The molecule has 1 amide bonds. The lowest BCUT2D eigenvalue weighted by molar-refractivity contribution is -0.133. The molecule has 1 unspecified atom stereocenters. The number of halogens is 2. The predicted octanol–water partition coefficient (Wildman–Crippen LogP) is 3.10. The SMILES string of the molecule is CC1(CN)CCN(C(=O)C2(c3ccc(Br)cc3)CC2)C1.Cl. The van der Waals surface area contributed by atoms with Crippen LogP contribution in [-0.2, 0) is 10.2 Å². The Morgan fingerprint density at radius 1 is 1.29 bits per heavy atom. The van der Waals surface area contributed by atoms with Crippen molar-refractivity contribution in [2.75, 3.05) is 19.6 Å². The van der Waals surface area contributed by atoms with Gasteiger partial charge in [-0.25, -0.2) is 0 Å². The Bertz CT molecular complexity index is 530. The van der Waals surface area contributed by atoms with Gasteiger partial charge in [0.1, 0.15) is 0 Å². The number of amides is 1. The molecule has 1 heterocycles. The van der Waals surface area contributed by atoms with E-state index >= 15 is 0 Å². The smallest absolute Gasteiger partial charge is 0.233 e. The third kappa shape index (κ3) is 2.99. The first-order valence-electron chi connectivity index (χ1n) is 7.25. The average molecular weight is 374 g/mol. The second-order valence-electron chi connectivity index (χ2n) is 6.58. The van der Waals surface area contributed by atoms with E-state index in [1.165, 1.54) is 0 Å². The molecule has 2 fully saturated rings. The summed E-state index contributed by atoms with van der Waals surface area (Å²) in [6.45, 7) is 4.49. The van der Waals surface area contributed by atoms with Gasteiger partial charge < -0.3 is 10.6 Å². The van der Waals surface area contributed by atoms with Crippen LogP contribution >= 0.6 is 28.3 Å². The molecule has 2 aliphatic rings. The number of rotatable bonds is 3. The number of benzene rings is 1. The molecule has 3 nitrogen and oxygen atoms in total. The van der Waals surface area contributed by atoms with E-state index in [-0.39, 0.29) is 23.2 Å². The van der Waals surface area contributed by atoms with Crippen molar-refractivity contribution in [3.8, 4) is 0 Å². The molecule has 0 spiro atoms. The summed E-state index contributed by atoms with van der Waals surface area (Å²) in [6, 6.07) is 8.20. The second-order valence-corrected chi connectivity index (χ2v) is 7.50. The lowest BCUT2D eigenvalue weighted by Gasteiger charge is -2.26. The lowest BCUT2D eigenvalue weighted by atomic mass is 9.90. The third-order valence-electron chi connectivity index (χ3n) is 4.89. The maximum absolute atomic E-state index is 12.9. The Balaban J connectivity index is 0.00000161. The molecule has 21 heavy (non-hydrogen) atoms. The predicted molar refractivity (Wildman–Crippen MR) is 90.7 cm³/mol. The Morgan fingerprint density at radius 3 is 2.38 bits per heavy atom. The maximum atomic E-state index is 12.9. The zero-order chi connectivity index (χ0) is 14.4. The first-order chi connectivity index (χ1) is 9.49. The Morgan fingerprint density at radius 2 is 1.90 bits per heavy atom. The number of likely N-dealkylation sites (tertiary alicyclic amines) is 1. The number of carbonyl (C=O) groups is 1. The molecule has 2 N–H and O–H groups in total. The number of carbonyl (C=O) groups excluding carboxylic acids is 1. The molecule has 1 aromatic rings. The van der Waals surface area contributed by atoms with Gasteiger partial charge in [-0.3, -0.25) is 4.79 Å². The van der Waals surface area contributed by atoms with Gasteiger partial charge in [-0.1, -0.05) is 35.0 Å². The minimum atomic E-state index is -0.249. The normalized spacial score (nSPS) is 26.3. The third-order valence-corrected chi connectivity index (χ3v) is 5.42. The van der Waals surface area contributed by atoms with Crippen LogP contribution in [0, 0.1) is 5.41 Å². The molecule has 3 rings (SSSR count). The summed E-state index contributed by atoms with van der Waals surface area (Å²) >= 11 is 3.45. The van der Waals surface area contributed by atoms with Crippen LogP contribution in [0.5, 0.6) is 0 Å². The van der Waals surface area contributed by atoms with Crippen LogP contribution in [0.4, 0.5) is 0 Å². The van der Waals surface area contributed by atoms with E-state index in [2.05, 4.69) is 35.0 Å². The zero-order valence-electron chi connectivity index (χ0n) is 12.3. The number of nitrogens with two attached hydrogens (primary N) is 1. The van der Waals surface area contributed by atoms with Crippen molar-refractivity contribution < 1.29 is 4.79 Å². The molecule has 1 atom stereocenters. The van der Waals surface area contributed by atoms with Gasteiger partial charge in [0.15, 0.2) is 0 Å². The van der Waals surface area contributed by atoms with Crippen molar-refractivity contribution >= 4 is 34.2 Å². The van der Waals surface area contributed by atoms with Crippen LogP contribution in [-0.4, -0.2) is 30.4 Å². The van der Waals surface area contributed by atoms with Gasteiger partial charge in [0.2, 0.25) is 5.91 Å². The molecular formula is C16H22BrClN2O. The van der Waals surface area contributed by atoms with Crippen LogP contribution in [0.1, 0.15) is 31.7 Å². The minimum absolute atomic E-state index is 0. The van der Waals surface area contributed by atoms with Gasteiger partial charge in [-0.2, -0.15) is 0 Å². The van der Waals surface area contributed by atoms with Gasteiger partial charge in [-0.05, 0) is 48.9 Å². The molecule has 0 radical (unpaired) electrons. The monoisotopic (exact) mass is 372 g/mol. The van der Waals surface area contributed by atoms with E-state index in [1.807, 2.05) is 17.0 Å². The van der Waals surface area contributed by atoms with E-state index < -0.39 is 0 Å². The van der Waals surface area contributed by atoms with Gasteiger partial charge >= 0.3 is 0 Å². The summed E-state index contributed by atoms with van der Waals surface area (Å²) in [5, 5.41) is 0. The fourth-order valence-corrected chi connectivity index (χ4v) is 3.45. The van der Waals surface area contributed by atoms with Gasteiger partial charge in [0, 0.05) is 17.6 Å². The van der Waals surface area contributed by atoms with Crippen LogP contribution in [0.25, 0.3) is 0 Å². The number of hydrogen-bond acceptors (Lipinski definition) is 2. The first-order valence-corrected chi connectivity index (χ1v) is 8.04. The largest absolute Gasteiger partial charge is 0.341 e. The molecular weight excluding hydrogens is 352 g/mol. The molecule has 0 bridgehead atoms. The minimum Gasteiger partial charge on any atom is -0.341 e. The van der Waals surface area contributed by atoms with Crippen LogP contribution in [0.15, 0.2) is 28.7 Å². The summed E-state index contributed by atoms with van der Waals surface area (Å²) in [7, 11) is 0. The van der Waals surface area contributed by atoms with Crippen molar-refractivity contribution in [1.82, 2.24) is 4.90 Å². The molecule has 0 aromatic heterocycles. The van der Waals surface area contributed by atoms with E-state index in [9.17, 15) is 4.79 Å². The van der Waals surface area contributed by atoms with Crippen LogP contribution in [0.2, 0.25) is 0 Å². The summed E-state index contributed by atoms with van der Waals surface area (Å²) in [4.78, 5) is 14.9.